The Morgan fingerprint density at radius 3 is 2.82 bits per heavy atom. The molecule has 1 amide bonds. The molecule has 2 atom stereocenters. The second-order valence-electron chi connectivity index (χ2n) is 5.51. The Labute approximate surface area is 128 Å². The van der Waals surface area contributed by atoms with Crippen LogP contribution in [0, 0.1) is 5.82 Å². The quantitative estimate of drug-likeness (QED) is 0.927. The summed E-state index contributed by atoms with van der Waals surface area (Å²) in [5, 5.41) is 0. The van der Waals surface area contributed by atoms with E-state index in [1.165, 1.54) is 12.3 Å². The van der Waals surface area contributed by atoms with Crippen LogP contribution >= 0.6 is 0 Å². The zero-order valence-corrected chi connectivity index (χ0v) is 12.2. The summed E-state index contributed by atoms with van der Waals surface area (Å²) in [6, 6.07) is 9.24. The number of carbonyl (C=O) groups excluding carboxylic acids is 1. The van der Waals surface area contributed by atoms with Crippen LogP contribution in [-0.2, 0) is 0 Å². The Hall–Kier alpha value is -2.27. The zero-order valence-electron chi connectivity index (χ0n) is 12.2. The van der Waals surface area contributed by atoms with Crippen LogP contribution in [0.5, 0.6) is 0 Å². The molecule has 0 radical (unpaired) electrons. The molecule has 0 saturated carbocycles. The first-order valence-corrected chi connectivity index (χ1v) is 7.39. The van der Waals surface area contributed by atoms with Gasteiger partial charge in [-0.3, -0.25) is 9.78 Å². The number of rotatable bonds is 2. The highest BCUT2D eigenvalue weighted by molar-refractivity contribution is 5.94. The number of piperidine rings is 1. The van der Waals surface area contributed by atoms with Crippen molar-refractivity contribution < 1.29 is 9.18 Å². The van der Waals surface area contributed by atoms with Crippen molar-refractivity contribution in [2.45, 2.75) is 24.9 Å². The number of hydrogen-bond donors (Lipinski definition) is 1. The van der Waals surface area contributed by atoms with Crippen molar-refractivity contribution in [1.29, 1.82) is 0 Å². The van der Waals surface area contributed by atoms with E-state index in [0.717, 1.165) is 12.8 Å². The van der Waals surface area contributed by atoms with E-state index in [-0.39, 0.29) is 17.8 Å². The van der Waals surface area contributed by atoms with Crippen molar-refractivity contribution in [2.75, 3.05) is 6.54 Å². The van der Waals surface area contributed by atoms with Crippen molar-refractivity contribution in [2.24, 2.45) is 5.73 Å². The zero-order chi connectivity index (χ0) is 15.5. The Kier molecular flexibility index (Phi) is 4.15. The first-order valence-electron chi connectivity index (χ1n) is 7.39. The van der Waals surface area contributed by atoms with Crippen molar-refractivity contribution in [3.63, 3.8) is 0 Å². The molecule has 1 aliphatic heterocycles. The van der Waals surface area contributed by atoms with Crippen molar-refractivity contribution in [3.8, 4) is 0 Å². The minimum absolute atomic E-state index is 0.156. The summed E-state index contributed by atoms with van der Waals surface area (Å²) in [5.74, 6) is -0.481. The average Bonchev–Trinajstić information content (AvgIpc) is 2.56. The predicted octanol–water partition coefficient (Wildman–Crippen LogP) is 2.53. The van der Waals surface area contributed by atoms with Gasteiger partial charge in [0.05, 0.1) is 11.6 Å². The van der Waals surface area contributed by atoms with Gasteiger partial charge >= 0.3 is 0 Å². The number of nitrogens with two attached hydrogens (primary N) is 1. The van der Waals surface area contributed by atoms with Crippen LogP contribution in [0.1, 0.15) is 34.8 Å². The number of likely N-dealkylation sites (tertiary alicyclic amines) is 1. The van der Waals surface area contributed by atoms with E-state index in [2.05, 4.69) is 4.98 Å². The molecule has 0 aliphatic carbocycles. The fraction of sp³-hybridized carbons (Fsp3) is 0.294. The Bertz CT molecular complexity index is 662. The molecule has 2 aromatic rings. The number of benzene rings is 1. The molecular weight excluding hydrogens is 281 g/mol. The molecule has 5 heteroatoms. The van der Waals surface area contributed by atoms with E-state index in [0.29, 0.717) is 17.7 Å². The smallest absolute Gasteiger partial charge is 0.255 e. The molecule has 1 aromatic heterocycles. The van der Waals surface area contributed by atoms with Gasteiger partial charge in [-0.05, 0) is 31.0 Å². The maximum atomic E-state index is 14.2. The summed E-state index contributed by atoms with van der Waals surface area (Å²) in [4.78, 5) is 18.4. The van der Waals surface area contributed by atoms with Gasteiger partial charge in [0.25, 0.3) is 5.91 Å². The Balaban J connectivity index is 1.97. The highest BCUT2D eigenvalue weighted by Gasteiger charge is 2.35. The molecule has 114 valence electrons. The summed E-state index contributed by atoms with van der Waals surface area (Å²) in [5.41, 5.74) is 7.19. The number of carbonyl (C=O) groups is 1. The lowest BCUT2D eigenvalue weighted by Crippen LogP contribution is -2.48. The molecule has 0 spiro atoms. The second-order valence-corrected chi connectivity index (χ2v) is 5.51. The third-order valence-electron chi connectivity index (χ3n) is 4.07. The lowest BCUT2D eigenvalue weighted by atomic mass is 9.90. The summed E-state index contributed by atoms with van der Waals surface area (Å²) in [6.07, 6.45) is 4.74. The maximum Gasteiger partial charge on any atom is 0.255 e. The van der Waals surface area contributed by atoms with E-state index in [1.54, 1.807) is 41.4 Å². The summed E-state index contributed by atoms with van der Waals surface area (Å²) in [7, 11) is 0. The van der Waals surface area contributed by atoms with E-state index in [4.69, 9.17) is 5.73 Å². The van der Waals surface area contributed by atoms with Gasteiger partial charge in [-0.1, -0.05) is 18.2 Å². The number of amides is 1. The molecule has 1 aromatic carbocycles. The van der Waals surface area contributed by atoms with Crippen LogP contribution in [0.25, 0.3) is 0 Å². The van der Waals surface area contributed by atoms with Crippen molar-refractivity contribution in [1.82, 2.24) is 9.88 Å². The lowest BCUT2D eigenvalue weighted by Gasteiger charge is -2.40. The second kappa shape index (κ2) is 6.23. The number of halogens is 1. The van der Waals surface area contributed by atoms with Gasteiger partial charge in [0, 0.05) is 30.5 Å². The topological polar surface area (TPSA) is 59.2 Å². The molecule has 3 rings (SSSR count). The van der Waals surface area contributed by atoms with Crippen molar-refractivity contribution in [3.05, 3.63) is 65.7 Å². The molecule has 2 N–H and O–H groups in total. The van der Waals surface area contributed by atoms with E-state index < -0.39 is 6.04 Å². The Morgan fingerprint density at radius 2 is 2.09 bits per heavy atom. The van der Waals surface area contributed by atoms with Gasteiger partial charge in [-0.2, -0.15) is 0 Å². The third-order valence-corrected chi connectivity index (χ3v) is 4.07. The highest BCUT2D eigenvalue weighted by Crippen LogP contribution is 2.32. The van der Waals surface area contributed by atoms with Crippen LogP contribution in [0.4, 0.5) is 4.39 Å². The molecule has 4 nitrogen and oxygen atoms in total. The van der Waals surface area contributed by atoms with Gasteiger partial charge in [0.15, 0.2) is 0 Å². The minimum atomic E-state index is -0.442. The van der Waals surface area contributed by atoms with Gasteiger partial charge in [-0.15, -0.1) is 0 Å². The molecule has 1 aliphatic rings. The van der Waals surface area contributed by atoms with Gasteiger partial charge in [0.1, 0.15) is 5.82 Å². The maximum absolute atomic E-state index is 14.2. The molecular formula is C17H18FN3O. The number of hydrogen-bond acceptors (Lipinski definition) is 3. The van der Waals surface area contributed by atoms with Crippen LogP contribution in [0.15, 0.2) is 48.8 Å². The summed E-state index contributed by atoms with van der Waals surface area (Å²) < 4.78 is 14.2. The van der Waals surface area contributed by atoms with Crippen LogP contribution in [0.3, 0.4) is 0 Å². The summed E-state index contributed by atoms with van der Waals surface area (Å²) >= 11 is 0. The third kappa shape index (κ3) is 2.72. The SMILES string of the molecule is N[C@@H]1CCCN(C(=O)c2cccnc2)[C@H]1c1ccccc1F. The number of aromatic nitrogens is 1. The fourth-order valence-electron chi connectivity index (χ4n) is 3.02. The highest BCUT2D eigenvalue weighted by atomic mass is 19.1. The lowest BCUT2D eigenvalue weighted by molar-refractivity contribution is 0.0571. The van der Waals surface area contributed by atoms with Gasteiger partial charge in [0.2, 0.25) is 0 Å². The standard InChI is InChI=1S/C17H18FN3O/c18-14-7-2-1-6-13(14)16-15(19)8-4-10-21(16)17(22)12-5-3-9-20-11-12/h1-3,5-7,9,11,15-16H,4,8,10,19H2/t15-,16+/m1/s1. The first-order chi connectivity index (χ1) is 10.7. The van der Waals surface area contributed by atoms with E-state index in [9.17, 15) is 9.18 Å². The van der Waals surface area contributed by atoms with E-state index >= 15 is 0 Å². The average molecular weight is 299 g/mol. The molecule has 1 saturated heterocycles. The molecule has 22 heavy (non-hydrogen) atoms. The van der Waals surface area contributed by atoms with Gasteiger partial charge < -0.3 is 10.6 Å². The molecule has 1 fully saturated rings. The fourth-order valence-corrected chi connectivity index (χ4v) is 3.02. The largest absolute Gasteiger partial charge is 0.330 e. The molecule has 0 unspecified atom stereocenters. The Morgan fingerprint density at radius 1 is 1.27 bits per heavy atom. The van der Waals surface area contributed by atoms with E-state index in [1.807, 2.05) is 0 Å². The van der Waals surface area contributed by atoms with Gasteiger partial charge in [-0.25, -0.2) is 4.39 Å². The number of nitrogens with zero attached hydrogens (tertiary/aromatic N) is 2. The van der Waals surface area contributed by atoms with Crippen LogP contribution in [0.2, 0.25) is 0 Å². The van der Waals surface area contributed by atoms with Crippen LogP contribution < -0.4 is 5.73 Å². The predicted molar refractivity (Wildman–Crippen MR) is 81.6 cm³/mol. The first kappa shape index (κ1) is 14.7. The monoisotopic (exact) mass is 299 g/mol. The minimum Gasteiger partial charge on any atom is -0.330 e. The molecule has 2 heterocycles. The summed E-state index contributed by atoms with van der Waals surface area (Å²) in [6.45, 7) is 0.570. The normalized spacial score (nSPS) is 21.6. The van der Waals surface area contributed by atoms with Crippen LogP contribution in [-0.4, -0.2) is 28.4 Å². The number of pyridine rings is 1. The van der Waals surface area contributed by atoms with Crippen molar-refractivity contribution >= 4 is 5.91 Å². The molecule has 0 bridgehead atoms.